The number of carbonyl (C=O) groups is 4. The van der Waals surface area contributed by atoms with Crippen LogP contribution < -0.4 is 16.0 Å². The first-order valence-corrected chi connectivity index (χ1v) is 12.5. The number of amides is 3. The second-order valence-electron chi connectivity index (χ2n) is 9.12. The third kappa shape index (κ3) is 6.54. The Balaban J connectivity index is 1.71. The number of hydrogen-bond acceptors (Lipinski definition) is 6. The summed E-state index contributed by atoms with van der Waals surface area (Å²) in [6, 6.07) is 1.87. The molecule has 3 heterocycles. The molecule has 0 unspecified atom stereocenters. The molecule has 0 saturated carbocycles. The van der Waals surface area contributed by atoms with Crippen molar-refractivity contribution in [2.75, 3.05) is 20.2 Å². The summed E-state index contributed by atoms with van der Waals surface area (Å²) in [6.07, 6.45) is 2.96. The van der Waals surface area contributed by atoms with Crippen LogP contribution in [-0.2, 0) is 30.3 Å². The molecule has 33 heavy (non-hydrogen) atoms. The molecule has 3 amide bonds. The fraction of sp³-hybridized carbons (Fsp3) is 0.652. The topological polar surface area (TPSA) is 121 Å². The summed E-state index contributed by atoms with van der Waals surface area (Å²) in [7, 11) is 1.29. The Morgan fingerprint density at radius 3 is 2.67 bits per heavy atom. The van der Waals surface area contributed by atoms with Crippen molar-refractivity contribution in [1.82, 2.24) is 15.5 Å². The quantitative estimate of drug-likeness (QED) is 0.446. The third-order valence-corrected chi connectivity index (χ3v) is 7.25. The van der Waals surface area contributed by atoms with E-state index in [9.17, 15) is 19.2 Å². The van der Waals surface area contributed by atoms with Crippen LogP contribution >= 0.6 is 11.3 Å². The van der Waals surface area contributed by atoms with Gasteiger partial charge in [-0.05, 0) is 30.2 Å². The van der Waals surface area contributed by atoms with E-state index in [-0.39, 0.29) is 35.7 Å². The van der Waals surface area contributed by atoms with Gasteiger partial charge in [0.2, 0.25) is 11.8 Å². The normalized spacial score (nSPS) is 23.8. The van der Waals surface area contributed by atoms with Gasteiger partial charge in [-0.1, -0.05) is 19.9 Å². The van der Waals surface area contributed by atoms with Crippen molar-refractivity contribution in [3.05, 3.63) is 22.4 Å². The summed E-state index contributed by atoms with van der Waals surface area (Å²) in [5.74, 6) is -1.21. The van der Waals surface area contributed by atoms with Crippen LogP contribution in [0.2, 0.25) is 0 Å². The van der Waals surface area contributed by atoms with E-state index in [1.807, 2.05) is 36.7 Å². The Morgan fingerprint density at radius 2 is 2.06 bits per heavy atom. The van der Waals surface area contributed by atoms with Gasteiger partial charge in [0, 0.05) is 30.3 Å². The number of thiophene rings is 1. The number of esters is 1. The van der Waals surface area contributed by atoms with Crippen LogP contribution in [0.3, 0.4) is 0 Å². The lowest BCUT2D eigenvalue weighted by Crippen LogP contribution is -2.89. The molecule has 1 aromatic heterocycles. The third-order valence-electron chi connectivity index (χ3n) is 6.38. The Labute approximate surface area is 198 Å². The standard InChI is InChI=1S/C23H34N4O5S/c1-14(2)20(23(31)32-3)26-21(29)18-12-15(25-19(28)13-16-6-5-11-33-16)8-10-27(18)22(30)17-7-4-9-24-17/h5-6,11,14-15,17-18,20,24H,4,7-10,12-13H2,1-3H3,(H,25,28)(H,26,29)/p+1/t15-,17+,18-,20+/m0/s1. The Kier molecular flexibility index (Phi) is 8.85. The number of likely N-dealkylation sites (tertiary alicyclic amines) is 1. The number of hydrogen-bond donors (Lipinski definition) is 3. The zero-order valence-corrected chi connectivity index (χ0v) is 20.4. The molecule has 9 nitrogen and oxygen atoms in total. The maximum absolute atomic E-state index is 13.3. The van der Waals surface area contributed by atoms with Crippen LogP contribution in [0.5, 0.6) is 0 Å². The fourth-order valence-electron chi connectivity index (χ4n) is 4.55. The molecule has 2 saturated heterocycles. The van der Waals surface area contributed by atoms with Crippen LogP contribution in [0.4, 0.5) is 0 Å². The molecule has 0 bridgehead atoms. The van der Waals surface area contributed by atoms with Gasteiger partial charge in [-0.15, -0.1) is 11.3 Å². The fourth-order valence-corrected chi connectivity index (χ4v) is 5.25. The number of nitrogens with two attached hydrogens (primary N) is 1. The van der Waals surface area contributed by atoms with Crippen molar-refractivity contribution in [3.63, 3.8) is 0 Å². The van der Waals surface area contributed by atoms with Crippen molar-refractivity contribution in [3.8, 4) is 0 Å². The molecule has 3 rings (SSSR count). The lowest BCUT2D eigenvalue weighted by atomic mass is 9.94. The minimum absolute atomic E-state index is 0.0461. The number of methoxy groups -OCH3 is 1. The summed E-state index contributed by atoms with van der Waals surface area (Å²) in [5.41, 5.74) is 0. The maximum Gasteiger partial charge on any atom is 0.328 e. The van der Waals surface area contributed by atoms with Crippen molar-refractivity contribution < 1.29 is 29.2 Å². The van der Waals surface area contributed by atoms with Crippen LogP contribution in [0.1, 0.15) is 44.4 Å². The number of ether oxygens (including phenoxy) is 1. The molecule has 2 aliphatic heterocycles. The van der Waals surface area contributed by atoms with Gasteiger partial charge in [-0.3, -0.25) is 14.4 Å². The minimum atomic E-state index is -0.800. The Hall–Kier alpha value is -2.46. The lowest BCUT2D eigenvalue weighted by molar-refractivity contribution is -0.658. The van der Waals surface area contributed by atoms with Gasteiger partial charge in [0.15, 0.2) is 6.04 Å². The van der Waals surface area contributed by atoms with E-state index in [1.165, 1.54) is 18.4 Å². The number of quaternary nitrogens is 1. The number of rotatable bonds is 8. The lowest BCUT2D eigenvalue weighted by Gasteiger charge is -2.40. The number of nitrogens with zero attached hydrogens (tertiary/aromatic N) is 1. The summed E-state index contributed by atoms with van der Waals surface area (Å²) in [4.78, 5) is 53.8. The molecule has 2 fully saturated rings. The van der Waals surface area contributed by atoms with E-state index in [0.717, 1.165) is 24.3 Å². The molecule has 4 N–H and O–H groups in total. The van der Waals surface area contributed by atoms with Gasteiger partial charge in [0.1, 0.15) is 12.1 Å². The van der Waals surface area contributed by atoms with Gasteiger partial charge in [0.05, 0.1) is 20.1 Å². The highest BCUT2D eigenvalue weighted by molar-refractivity contribution is 7.10. The minimum Gasteiger partial charge on any atom is -0.467 e. The van der Waals surface area contributed by atoms with Gasteiger partial charge in [-0.25, -0.2) is 4.79 Å². The van der Waals surface area contributed by atoms with E-state index >= 15 is 0 Å². The second kappa shape index (κ2) is 11.6. The molecule has 182 valence electrons. The highest BCUT2D eigenvalue weighted by atomic mass is 32.1. The average Bonchev–Trinajstić information content (AvgIpc) is 3.50. The first-order chi connectivity index (χ1) is 15.8. The summed E-state index contributed by atoms with van der Waals surface area (Å²) in [6.45, 7) is 4.94. The van der Waals surface area contributed by atoms with Gasteiger partial charge >= 0.3 is 5.97 Å². The number of nitrogens with one attached hydrogen (secondary N) is 2. The molecule has 0 radical (unpaired) electrons. The van der Waals surface area contributed by atoms with Crippen molar-refractivity contribution in [2.24, 2.45) is 5.92 Å². The first-order valence-electron chi connectivity index (χ1n) is 11.6. The Morgan fingerprint density at radius 1 is 1.27 bits per heavy atom. The summed E-state index contributed by atoms with van der Waals surface area (Å²) >= 11 is 1.53. The summed E-state index contributed by atoms with van der Waals surface area (Å²) in [5, 5.41) is 9.78. The molecule has 0 aromatic carbocycles. The zero-order valence-electron chi connectivity index (χ0n) is 19.5. The molecule has 2 aliphatic rings. The van der Waals surface area contributed by atoms with Crippen LogP contribution in [0, 0.1) is 5.92 Å². The smallest absolute Gasteiger partial charge is 0.328 e. The number of piperidine rings is 1. The molecule has 0 aliphatic carbocycles. The highest BCUT2D eigenvalue weighted by Crippen LogP contribution is 2.21. The summed E-state index contributed by atoms with van der Waals surface area (Å²) < 4.78 is 4.85. The molecule has 10 heteroatoms. The van der Waals surface area contributed by atoms with E-state index in [0.29, 0.717) is 25.8 Å². The van der Waals surface area contributed by atoms with Crippen molar-refractivity contribution in [2.45, 2.75) is 70.1 Å². The van der Waals surface area contributed by atoms with Gasteiger partial charge in [-0.2, -0.15) is 0 Å². The second-order valence-corrected chi connectivity index (χ2v) is 10.2. The van der Waals surface area contributed by atoms with E-state index in [4.69, 9.17) is 4.74 Å². The molecular weight excluding hydrogens is 444 g/mol. The molecule has 0 spiro atoms. The van der Waals surface area contributed by atoms with Gasteiger partial charge < -0.3 is 25.6 Å². The van der Waals surface area contributed by atoms with E-state index < -0.39 is 18.1 Å². The van der Waals surface area contributed by atoms with E-state index in [2.05, 4.69) is 10.6 Å². The SMILES string of the molecule is COC(=O)[C@H](NC(=O)[C@@H]1C[C@@H](NC(=O)Cc2cccs2)CCN1C(=O)[C@H]1CCC[NH2+]1)C(C)C. The van der Waals surface area contributed by atoms with Crippen LogP contribution in [0.15, 0.2) is 17.5 Å². The Bertz CT molecular complexity index is 838. The predicted octanol–water partition coefficient (Wildman–Crippen LogP) is -0.194. The first kappa shape index (κ1) is 25.2. The van der Waals surface area contributed by atoms with Crippen LogP contribution in [0.25, 0.3) is 0 Å². The zero-order chi connectivity index (χ0) is 24.0. The largest absolute Gasteiger partial charge is 0.467 e. The monoisotopic (exact) mass is 479 g/mol. The maximum atomic E-state index is 13.3. The molecular formula is C23H35N4O5S+. The predicted molar refractivity (Wildman–Crippen MR) is 123 cm³/mol. The van der Waals surface area contributed by atoms with Crippen molar-refractivity contribution >= 4 is 35.0 Å². The highest BCUT2D eigenvalue weighted by Gasteiger charge is 2.42. The van der Waals surface area contributed by atoms with Crippen molar-refractivity contribution in [1.29, 1.82) is 0 Å². The van der Waals surface area contributed by atoms with E-state index in [1.54, 1.807) is 4.90 Å². The van der Waals surface area contributed by atoms with Crippen LogP contribution in [-0.4, -0.2) is 73.0 Å². The molecule has 1 aromatic rings. The number of carbonyl (C=O) groups excluding carboxylic acids is 4. The average molecular weight is 480 g/mol. The van der Waals surface area contributed by atoms with Gasteiger partial charge in [0.25, 0.3) is 5.91 Å². The molecule has 4 atom stereocenters.